The Balaban J connectivity index is 2.12. The van der Waals surface area contributed by atoms with E-state index in [4.69, 9.17) is 12.2 Å². The van der Waals surface area contributed by atoms with Crippen LogP contribution in [0.15, 0.2) is 6.20 Å². The molecule has 1 atom stereocenters. The van der Waals surface area contributed by atoms with Crippen LogP contribution < -0.4 is 0 Å². The molecule has 0 aromatic carbocycles. The van der Waals surface area contributed by atoms with E-state index in [2.05, 4.69) is 21.9 Å². The number of hydrogen-bond donors (Lipinski definition) is 2. The molecule has 1 aliphatic rings. The molecular weight excluding hydrogens is 182 g/mol. The van der Waals surface area contributed by atoms with Crippen molar-refractivity contribution < 1.29 is 0 Å². The average Bonchev–Trinajstić information content (AvgIpc) is 2.52. The van der Waals surface area contributed by atoms with Gasteiger partial charge in [-0.25, -0.2) is 0 Å². The number of nitrogens with one attached hydrogen (secondary N) is 2. The Kier molecular flexibility index (Phi) is 2.51. The van der Waals surface area contributed by atoms with Crippen molar-refractivity contribution in [1.29, 1.82) is 0 Å². The van der Waals surface area contributed by atoms with Crippen molar-refractivity contribution in [2.45, 2.75) is 18.8 Å². The van der Waals surface area contributed by atoms with Gasteiger partial charge in [0, 0.05) is 24.4 Å². The predicted molar refractivity (Wildman–Crippen MR) is 55.4 cm³/mol. The Morgan fingerprint density at radius 2 is 2.46 bits per heavy atom. The minimum absolute atomic E-state index is 0.631. The first kappa shape index (κ1) is 8.97. The molecule has 1 fully saturated rings. The Bertz CT molecular complexity index is 328. The van der Waals surface area contributed by atoms with Gasteiger partial charge in [-0.3, -0.25) is 0 Å². The largest absolute Gasteiger partial charge is 0.337 e. The first-order chi connectivity index (χ1) is 6.25. The van der Waals surface area contributed by atoms with Crippen molar-refractivity contribution in [3.05, 3.63) is 16.7 Å². The quantitative estimate of drug-likeness (QED) is 0.674. The number of nitrogens with zero attached hydrogens (tertiary/aromatic N) is 1. The number of imidazole rings is 1. The molecule has 1 unspecified atom stereocenters. The lowest BCUT2D eigenvalue weighted by Gasteiger charge is -2.28. The monoisotopic (exact) mass is 197 g/mol. The van der Waals surface area contributed by atoms with E-state index in [1.54, 1.807) is 0 Å². The van der Waals surface area contributed by atoms with E-state index in [0.717, 1.165) is 11.3 Å². The van der Waals surface area contributed by atoms with Gasteiger partial charge in [-0.15, -0.1) is 0 Å². The molecule has 0 bridgehead atoms. The maximum Gasteiger partial charge on any atom is 0.174 e. The predicted octanol–water partition coefficient (Wildman–Crippen LogP) is 1.88. The summed E-state index contributed by atoms with van der Waals surface area (Å²) in [5.41, 5.74) is 1.26. The highest BCUT2D eigenvalue weighted by atomic mass is 32.1. The molecule has 72 valence electrons. The van der Waals surface area contributed by atoms with Crippen molar-refractivity contribution in [2.75, 3.05) is 20.1 Å². The molecule has 0 spiro atoms. The van der Waals surface area contributed by atoms with E-state index in [-0.39, 0.29) is 0 Å². The Hall–Kier alpha value is -0.610. The van der Waals surface area contributed by atoms with Gasteiger partial charge >= 0.3 is 0 Å². The third-order valence-corrected chi connectivity index (χ3v) is 2.90. The van der Waals surface area contributed by atoms with E-state index >= 15 is 0 Å². The highest BCUT2D eigenvalue weighted by molar-refractivity contribution is 7.71. The lowest BCUT2D eigenvalue weighted by molar-refractivity contribution is 0.248. The summed E-state index contributed by atoms with van der Waals surface area (Å²) < 4.78 is 0.739. The molecule has 0 radical (unpaired) electrons. The number of hydrogen-bond acceptors (Lipinski definition) is 2. The second-order valence-electron chi connectivity index (χ2n) is 3.80. The van der Waals surface area contributed by atoms with Crippen molar-refractivity contribution in [1.82, 2.24) is 14.9 Å². The SMILES string of the molecule is CN1CCCC(c2c[nH]c(=S)[nH]2)C1. The van der Waals surface area contributed by atoms with Crippen molar-refractivity contribution >= 4 is 12.2 Å². The van der Waals surface area contributed by atoms with Gasteiger partial charge in [-0.1, -0.05) is 0 Å². The third kappa shape index (κ3) is 2.00. The number of likely N-dealkylation sites (tertiary alicyclic amines) is 1. The molecule has 0 aliphatic carbocycles. The molecule has 1 saturated heterocycles. The fourth-order valence-electron chi connectivity index (χ4n) is 1.99. The normalized spacial score (nSPS) is 24.8. The first-order valence-electron chi connectivity index (χ1n) is 4.72. The van der Waals surface area contributed by atoms with E-state index in [1.807, 2.05) is 6.20 Å². The summed E-state index contributed by atoms with van der Waals surface area (Å²) in [5.74, 6) is 0.631. The zero-order chi connectivity index (χ0) is 9.26. The fraction of sp³-hybridized carbons (Fsp3) is 0.667. The summed E-state index contributed by atoms with van der Waals surface area (Å²) >= 11 is 5.01. The molecule has 13 heavy (non-hydrogen) atoms. The van der Waals surface area contributed by atoms with E-state index in [0.29, 0.717) is 5.92 Å². The number of piperidine rings is 1. The van der Waals surface area contributed by atoms with Crippen LogP contribution in [-0.4, -0.2) is 35.0 Å². The zero-order valence-electron chi connectivity index (χ0n) is 7.84. The second kappa shape index (κ2) is 3.64. The van der Waals surface area contributed by atoms with Gasteiger partial charge in [-0.05, 0) is 38.7 Å². The number of likely N-dealkylation sites (N-methyl/N-ethyl adjacent to an activating group) is 1. The average molecular weight is 197 g/mol. The Labute approximate surface area is 83.2 Å². The zero-order valence-corrected chi connectivity index (χ0v) is 8.66. The first-order valence-corrected chi connectivity index (χ1v) is 5.12. The van der Waals surface area contributed by atoms with Gasteiger partial charge in [0.2, 0.25) is 0 Å². The Morgan fingerprint density at radius 1 is 1.62 bits per heavy atom. The molecule has 2 heterocycles. The van der Waals surface area contributed by atoms with E-state index in [9.17, 15) is 0 Å². The summed E-state index contributed by atoms with van der Waals surface area (Å²) in [6.07, 6.45) is 4.56. The summed E-state index contributed by atoms with van der Waals surface area (Å²) in [4.78, 5) is 8.59. The van der Waals surface area contributed by atoms with Crippen LogP contribution in [0.3, 0.4) is 0 Å². The molecule has 0 saturated carbocycles. The molecule has 3 nitrogen and oxygen atoms in total. The standard InChI is InChI=1S/C9H15N3S/c1-12-4-2-3-7(6-12)8-5-10-9(13)11-8/h5,7H,2-4,6H2,1H3,(H2,10,11,13). The van der Waals surface area contributed by atoms with Crippen LogP contribution in [0, 0.1) is 4.77 Å². The minimum Gasteiger partial charge on any atom is -0.337 e. The molecule has 1 aromatic rings. The molecule has 2 rings (SSSR count). The van der Waals surface area contributed by atoms with Gasteiger partial charge in [-0.2, -0.15) is 0 Å². The number of rotatable bonds is 1. The molecule has 2 N–H and O–H groups in total. The van der Waals surface area contributed by atoms with E-state index in [1.165, 1.54) is 25.1 Å². The lowest BCUT2D eigenvalue weighted by atomic mass is 9.96. The van der Waals surface area contributed by atoms with Crippen molar-refractivity contribution in [2.24, 2.45) is 0 Å². The van der Waals surface area contributed by atoms with Crippen LogP contribution in [0.2, 0.25) is 0 Å². The molecule has 0 amide bonds. The maximum atomic E-state index is 5.01. The van der Waals surface area contributed by atoms with Crippen LogP contribution in [0.25, 0.3) is 0 Å². The topological polar surface area (TPSA) is 34.8 Å². The summed E-state index contributed by atoms with van der Waals surface area (Å²) in [6.45, 7) is 2.37. The lowest BCUT2D eigenvalue weighted by Crippen LogP contribution is -2.30. The van der Waals surface area contributed by atoms with Crippen molar-refractivity contribution in [3.8, 4) is 0 Å². The fourth-order valence-corrected chi connectivity index (χ4v) is 2.16. The molecule has 1 aliphatic heterocycles. The van der Waals surface area contributed by atoms with Gasteiger partial charge in [0.1, 0.15) is 0 Å². The van der Waals surface area contributed by atoms with Gasteiger partial charge < -0.3 is 14.9 Å². The van der Waals surface area contributed by atoms with Crippen LogP contribution >= 0.6 is 12.2 Å². The number of aromatic amines is 2. The van der Waals surface area contributed by atoms with Crippen LogP contribution in [0.1, 0.15) is 24.5 Å². The highest BCUT2D eigenvalue weighted by Crippen LogP contribution is 2.23. The summed E-state index contributed by atoms with van der Waals surface area (Å²) in [6, 6.07) is 0. The van der Waals surface area contributed by atoms with Gasteiger partial charge in [0.15, 0.2) is 4.77 Å². The summed E-state index contributed by atoms with van der Waals surface area (Å²) in [5, 5.41) is 0. The summed E-state index contributed by atoms with van der Waals surface area (Å²) in [7, 11) is 2.17. The van der Waals surface area contributed by atoms with Crippen LogP contribution in [0.4, 0.5) is 0 Å². The highest BCUT2D eigenvalue weighted by Gasteiger charge is 2.19. The van der Waals surface area contributed by atoms with Crippen LogP contribution in [0.5, 0.6) is 0 Å². The molecular formula is C9H15N3S. The van der Waals surface area contributed by atoms with Crippen LogP contribution in [-0.2, 0) is 0 Å². The van der Waals surface area contributed by atoms with E-state index < -0.39 is 0 Å². The minimum atomic E-state index is 0.631. The molecule has 1 aromatic heterocycles. The Morgan fingerprint density at radius 3 is 3.08 bits per heavy atom. The van der Waals surface area contributed by atoms with Gasteiger partial charge in [0.25, 0.3) is 0 Å². The maximum absolute atomic E-state index is 5.01. The van der Waals surface area contributed by atoms with Gasteiger partial charge in [0.05, 0.1) is 0 Å². The number of aromatic nitrogens is 2. The number of H-pyrrole nitrogens is 2. The third-order valence-electron chi connectivity index (χ3n) is 2.68. The second-order valence-corrected chi connectivity index (χ2v) is 4.21. The van der Waals surface area contributed by atoms with Crippen molar-refractivity contribution in [3.63, 3.8) is 0 Å². The smallest absolute Gasteiger partial charge is 0.174 e. The molecule has 4 heteroatoms.